The molecule has 0 saturated carbocycles. The summed E-state index contributed by atoms with van der Waals surface area (Å²) in [5.41, 5.74) is 0. The van der Waals surface area contributed by atoms with E-state index in [0.29, 0.717) is 31.2 Å². The van der Waals surface area contributed by atoms with Crippen LogP contribution in [0.1, 0.15) is 0 Å². The maximum atomic E-state index is 12.6. The molecule has 1 aliphatic heterocycles. The van der Waals surface area contributed by atoms with Crippen molar-refractivity contribution in [1.29, 1.82) is 0 Å². The van der Waals surface area contributed by atoms with E-state index < -0.39 is 10.0 Å². The summed E-state index contributed by atoms with van der Waals surface area (Å²) in [6.45, 7) is 1.90. The molecule has 0 radical (unpaired) electrons. The van der Waals surface area contributed by atoms with Crippen molar-refractivity contribution in [3.63, 3.8) is 0 Å². The molecule has 6 nitrogen and oxygen atoms in total. The van der Waals surface area contributed by atoms with Crippen LogP contribution in [0, 0.1) is 12.3 Å². The summed E-state index contributed by atoms with van der Waals surface area (Å²) >= 11 is 11.7. The molecule has 0 aliphatic carbocycles. The van der Waals surface area contributed by atoms with Crippen LogP contribution >= 0.6 is 23.2 Å². The van der Waals surface area contributed by atoms with Gasteiger partial charge < -0.3 is 5.32 Å². The zero-order valence-electron chi connectivity index (χ0n) is 12.8. The molecule has 0 atom stereocenters. The third kappa shape index (κ3) is 4.62. The van der Waals surface area contributed by atoms with Gasteiger partial charge in [-0.25, -0.2) is 8.42 Å². The lowest BCUT2D eigenvalue weighted by molar-refractivity contribution is -0.122. The Kier molecular flexibility index (Phi) is 6.49. The van der Waals surface area contributed by atoms with Crippen molar-refractivity contribution < 1.29 is 13.2 Å². The van der Waals surface area contributed by atoms with Crippen LogP contribution in [0.25, 0.3) is 0 Å². The SMILES string of the molecule is C#CCNC(=O)CN1CCN(S(=O)(=O)c2ccc(Cl)c(Cl)c2)CC1. The van der Waals surface area contributed by atoms with Crippen LogP contribution in [0.15, 0.2) is 23.1 Å². The number of terminal acetylenes is 1. The Balaban J connectivity index is 1.97. The number of hydrogen-bond donors (Lipinski definition) is 1. The Morgan fingerprint density at radius 2 is 1.88 bits per heavy atom. The highest BCUT2D eigenvalue weighted by molar-refractivity contribution is 7.89. The molecule has 1 aromatic carbocycles. The van der Waals surface area contributed by atoms with Gasteiger partial charge in [-0.2, -0.15) is 4.31 Å². The van der Waals surface area contributed by atoms with E-state index in [2.05, 4.69) is 11.2 Å². The topological polar surface area (TPSA) is 69.7 Å². The van der Waals surface area contributed by atoms with E-state index >= 15 is 0 Å². The summed E-state index contributed by atoms with van der Waals surface area (Å²) in [6.07, 6.45) is 5.08. The van der Waals surface area contributed by atoms with E-state index in [4.69, 9.17) is 29.6 Å². The van der Waals surface area contributed by atoms with Crippen LogP contribution in [0.3, 0.4) is 0 Å². The van der Waals surface area contributed by atoms with E-state index in [0.717, 1.165) is 0 Å². The van der Waals surface area contributed by atoms with E-state index in [9.17, 15) is 13.2 Å². The molecular formula is C15H17Cl2N3O3S. The van der Waals surface area contributed by atoms with Crippen molar-refractivity contribution in [2.24, 2.45) is 0 Å². The molecule has 0 unspecified atom stereocenters. The normalized spacial score (nSPS) is 16.5. The summed E-state index contributed by atoms with van der Waals surface area (Å²) in [7, 11) is -3.63. The second-order valence-corrected chi connectivity index (χ2v) is 7.99. The molecule has 9 heteroatoms. The highest BCUT2D eigenvalue weighted by Gasteiger charge is 2.29. The lowest BCUT2D eigenvalue weighted by Crippen LogP contribution is -2.51. The average Bonchev–Trinajstić information content (AvgIpc) is 2.56. The molecule has 1 amide bonds. The van der Waals surface area contributed by atoms with Gasteiger partial charge in [0.25, 0.3) is 0 Å². The van der Waals surface area contributed by atoms with E-state index in [-0.39, 0.29) is 28.9 Å². The van der Waals surface area contributed by atoms with Crippen molar-refractivity contribution in [3.05, 3.63) is 28.2 Å². The van der Waals surface area contributed by atoms with E-state index in [1.807, 2.05) is 4.90 Å². The third-order valence-electron chi connectivity index (χ3n) is 3.61. The Morgan fingerprint density at radius 1 is 1.21 bits per heavy atom. The highest BCUT2D eigenvalue weighted by atomic mass is 35.5. The number of carbonyl (C=O) groups excluding carboxylic acids is 1. The minimum absolute atomic E-state index is 0.108. The fraction of sp³-hybridized carbons (Fsp3) is 0.400. The number of rotatable bonds is 5. The second kappa shape index (κ2) is 8.19. The highest BCUT2D eigenvalue weighted by Crippen LogP contribution is 2.26. The minimum Gasteiger partial charge on any atom is -0.344 e. The van der Waals surface area contributed by atoms with Gasteiger partial charge in [-0.1, -0.05) is 29.1 Å². The molecular weight excluding hydrogens is 373 g/mol. The van der Waals surface area contributed by atoms with E-state index in [1.54, 1.807) is 0 Å². The quantitative estimate of drug-likeness (QED) is 0.764. The zero-order chi connectivity index (χ0) is 17.7. The zero-order valence-corrected chi connectivity index (χ0v) is 15.2. The smallest absolute Gasteiger partial charge is 0.243 e. The summed E-state index contributed by atoms with van der Waals surface area (Å²) < 4.78 is 26.6. The number of nitrogens with zero attached hydrogens (tertiary/aromatic N) is 2. The number of piperazine rings is 1. The minimum atomic E-state index is -3.63. The van der Waals surface area contributed by atoms with Crippen LogP contribution in [-0.2, 0) is 14.8 Å². The lowest BCUT2D eigenvalue weighted by atomic mass is 10.3. The molecule has 0 aromatic heterocycles. The van der Waals surface area contributed by atoms with Crippen LogP contribution < -0.4 is 5.32 Å². The largest absolute Gasteiger partial charge is 0.344 e. The van der Waals surface area contributed by atoms with Gasteiger partial charge in [0, 0.05) is 26.2 Å². The Labute approximate surface area is 151 Å². The van der Waals surface area contributed by atoms with E-state index in [1.165, 1.54) is 22.5 Å². The number of hydrogen-bond acceptors (Lipinski definition) is 4. The summed E-state index contributed by atoms with van der Waals surface area (Å²) in [5.74, 6) is 2.16. The Hall–Kier alpha value is -1.30. The lowest BCUT2D eigenvalue weighted by Gasteiger charge is -2.33. The number of halogens is 2. The first kappa shape index (κ1) is 19.0. The number of sulfonamides is 1. The predicted molar refractivity (Wildman–Crippen MR) is 93.5 cm³/mol. The fourth-order valence-corrected chi connectivity index (χ4v) is 4.13. The molecule has 1 aliphatic rings. The molecule has 0 bridgehead atoms. The molecule has 24 heavy (non-hydrogen) atoms. The van der Waals surface area contributed by atoms with Crippen molar-refractivity contribution in [2.45, 2.75) is 4.90 Å². The van der Waals surface area contributed by atoms with Crippen molar-refractivity contribution in [2.75, 3.05) is 39.3 Å². The van der Waals surface area contributed by atoms with Crippen molar-refractivity contribution >= 4 is 39.1 Å². The summed E-state index contributed by atoms with van der Waals surface area (Å²) in [4.78, 5) is 13.6. The second-order valence-electron chi connectivity index (χ2n) is 5.24. The van der Waals surface area contributed by atoms with Gasteiger partial charge in [0.05, 0.1) is 28.0 Å². The van der Waals surface area contributed by atoms with Crippen LogP contribution in [0.5, 0.6) is 0 Å². The molecule has 1 saturated heterocycles. The van der Waals surface area contributed by atoms with Gasteiger partial charge in [-0.05, 0) is 18.2 Å². The summed E-state index contributed by atoms with van der Waals surface area (Å²) in [6, 6.07) is 4.24. The van der Waals surface area contributed by atoms with Crippen LogP contribution in [-0.4, -0.2) is 62.8 Å². The number of nitrogens with one attached hydrogen (secondary N) is 1. The van der Waals surface area contributed by atoms with Gasteiger partial charge in [-0.15, -0.1) is 6.42 Å². The average molecular weight is 390 g/mol. The standard InChI is InChI=1S/C15H17Cl2N3O3S/c1-2-5-18-15(21)11-19-6-8-20(9-7-19)24(22,23)12-3-4-13(16)14(17)10-12/h1,3-4,10H,5-9,11H2,(H,18,21). The predicted octanol–water partition coefficient (Wildman–Crippen LogP) is 1.05. The van der Waals surface area contributed by atoms with Gasteiger partial charge >= 0.3 is 0 Å². The number of benzene rings is 1. The number of amides is 1. The Morgan fingerprint density at radius 3 is 2.46 bits per heavy atom. The molecule has 0 spiro atoms. The number of carbonyl (C=O) groups is 1. The van der Waals surface area contributed by atoms with Crippen molar-refractivity contribution in [3.8, 4) is 12.3 Å². The molecule has 2 rings (SSSR count). The molecule has 1 heterocycles. The monoisotopic (exact) mass is 389 g/mol. The maximum Gasteiger partial charge on any atom is 0.243 e. The molecule has 1 N–H and O–H groups in total. The van der Waals surface area contributed by atoms with Crippen molar-refractivity contribution in [1.82, 2.24) is 14.5 Å². The summed E-state index contributed by atoms with van der Waals surface area (Å²) in [5, 5.41) is 3.08. The third-order valence-corrected chi connectivity index (χ3v) is 6.25. The maximum absolute atomic E-state index is 12.6. The molecule has 130 valence electrons. The first-order valence-electron chi connectivity index (χ1n) is 7.22. The van der Waals surface area contributed by atoms with Gasteiger partial charge in [0.15, 0.2) is 0 Å². The first-order chi connectivity index (χ1) is 11.3. The molecule has 1 aromatic rings. The first-order valence-corrected chi connectivity index (χ1v) is 9.42. The van der Waals surface area contributed by atoms with Crippen LogP contribution in [0.4, 0.5) is 0 Å². The van der Waals surface area contributed by atoms with Gasteiger partial charge in [0.2, 0.25) is 15.9 Å². The van der Waals surface area contributed by atoms with Crippen LogP contribution in [0.2, 0.25) is 10.0 Å². The fourth-order valence-electron chi connectivity index (χ4n) is 2.32. The van der Waals surface area contributed by atoms with Gasteiger partial charge in [-0.3, -0.25) is 9.69 Å². The molecule has 1 fully saturated rings. The van der Waals surface area contributed by atoms with Gasteiger partial charge in [0.1, 0.15) is 0 Å². The Bertz CT molecular complexity index is 754.